The summed E-state index contributed by atoms with van der Waals surface area (Å²) in [6, 6.07) is 9.96. The number of non-ortho nitro benzene ring substituents is 1. The van der Waals surface area contributed by atoms with Crippen LogP contribution in [0.15, 0.2) is 40.3 Å². The summed E-state index contributed by atoms with van der Waals surface area (Å²) in [5.74, 6) is 0.505. The Bertz CT molecular complexity index is 962. The monoisotopic (exact) mass is 379 g/mol. The molecule has 1 fully saturated rings. The number of nitro groups is 1. The number of aryl methyl sites for hydroxylation is 1. The van der Waals surface area contributed by atoms with E-state index in [4.69, 9.17) is 4.42 Å². The molecule has 7 nitrogen and oxygen atoms in total. The van der Waals surface area contributed by atoms with E-state index >= 15 is 0 Å². The number of carbonyl (C=O) groups is 1. The van der Waals surface area contributed by atoms with Gasteiger partial charge in [0.25, 0.3) is 11.6 Å². The molecule has 144 valence electrons. The number of rotatable bonds is 5. The lowest BCUT2D eigenvalue weighted by molar-refractivity contribution is -0.384. The lowest BCUT2D eigenvalue weighted by Gasteiger charge is -2.22. The molecule has 28 heavy (non-hydrogen) atoms. The first-order valence-electron chi connectivity index (χ1n) is 9.26. The van der Waals surface area contributed by atoms with Crippen LogP contribution in [0.4, 0.5) is 5.69 Å². The minimum absolute atomic E-state index is 0.00750. The molecule has 0 atom stereocenters. The van der Waals surface area contributed by atoms with Gasteiger partial charge in [0, 0.05) is 29.8 Å². The molecule has 1 aromatic heterocycles. The number of nitro benzene ring substituents is 1. The van der Waals surface area contributed by atoms with Gasteiger partial charge < -0.3 is 9.73 Å². The van der Waals surface area contributed by atoms with E-state index in [2.05, 4.69) is 5.32 Å². The van der Waals surface area contributed by atoms with Crippen molar-refractivity contribution in [1.29, 1.82) is 5.26 Å². The van der Waals surface area contributed by atoms with Crippen LogP contribution in [0.3, 0.4) is 0 Å². The van der Waals surface area contributed by atoms with Crippen LogP contribution in [0.1, 0.15) is 43.4 Å². The van der Waals surface area contributed by atoms with E-state index in [-0.39, 0.29) is 23.2 Å². The molecule has 2 aromatic rings. The van der Waals surface area contributed by atoms with Gasteiger partial charge in [0.1, 0.15) is 23.2 Å². The number of furan rings is 1. The van der Waals surface area contributed by atoms with Crippen molar-refractivity contribution in [2.24, 2.45) is 0 Å². The third-order valence-electron chi connectivity index (χ3n) is 4.91. The average molecular weight is 379 g/mol. The van der Waals surface area contributed by atoms with Crippen LogP contribution in [0, 0.1) is 28.4 Å². The molecule has 1 aromatic carbocycles. The van der Waals surface area contributed by atoms with E-state index in [9.17, 15) is 20.2 Å². The second-order valence-corrected chi connectivity index (χ2v) is 6.94. The van der Waals surface area contributed by atoms with Crippen molar-refractivity contribution in [3.63, 3.8) is 0 Å². The van der Waals surface area contributed by atoms with Crippen LogP contribution in [0.25, 0.3) is 17.4 Å². The van der Waals surface area contributed by atoms with Gasteiger partial charge in [0.15, 0.2) is 0 Å². The summed E-state index contributed by atoms with van der Waals surface area (Å²) >= 11 is 0. The molecule has 3 rings (SSSR count). The van der Waals surface area contributed by atoms with Crippen molar-refractivity contribution in [1.82, 2.24) is 5.32 Å². The molecule has 1 amide bonds. The van der Waals surface area contributed by atoms with E-state index < -0.39 is 4.92 Å². The molecule has 1 saturated carbocycles. The third kappa shape index (κ3) is 4.46. The summed E-state index contributed by atoms with van der Waals surface area (Å²) in [6.45, 7) is 1.76. The Morgan fingerprint density at radius 3 is 2.68 bits per heavy atom. The predicted molar refractivity (Wildman–Crippen MR) is 104 cm³/mol. The maximum Gasteiger partial charge on any atom is 0.269 e. The van der Waals surface area contributed by atoms with Crippen LogP contribution in [-0.2, 0) is 4.79 Å². The number of nitriles is 1. The zero-order chi connectivity index (χ0) is 20.1. The number of carbonyl (C=O) groups excluding carboxylic acids is 1. The highest BCUT2D eigenvalue weighted by atomic mass is 16.6. The van der Waals surface area contributed by atoms with Crippen molar-refractivity contribution >= 4 is 17.7 Å². The fourth-order valence-corrected chi connectivity index (χ4v) is 3.41. The van der Waals surface area contributed by atoms with Gasteiger partial charge in [0.2, 0.25) is 0 Å². The van der Waals surface area contributed by atoms with Crippen LogP contribution in [-0.4, -0.2) is 16.9 Å². The highest BCUT2D eigenvalue weighted by Crippen LogP contribution is 2.29. The minimum atomic E-state index is -0.447. The number of nitrogens with zero attached hydrogens (tertiary/aromatic N) is 2. The van der Waals surface area contributed by atoms with E-state index in [1.807, 2.05) is 6.07 Å². The Balaban J connectivity index is 1.77. The average Bonchev–Trinajstić information content (AvgIpc) is 3.15. The Morgan fingerprint density at radius 2 is 2.04 bits per heavy atom. The Labute approximate surface area is 162 Å². The summed E-state index contributed by atoms with van der Waals surface area (Å²) in [5, 5.41) is 23.1. The van der Waals surface area contributed by atoms with E-state index in [0.717, 1.165) is 31.2 Å². The Hall–Kier alpha value is -3.40. The summed E-state index contributed by atoms with van der Waals surface area (Å²) in [4.78, 5) is 22.8. The predicted octanol–water partition coefficient (Wildman–Crippen LogP) is 4.52. The van der Waals surface area contributed by atoms with Gasteiger partial charge in [-0.3, -0.25) is 14.9 Å². The fraction of sp³-hybridized carbons (Fsp3) is 0.333. The molecular formula is C21H21N3O4. The summed E-state index contributed by atoms with van der Waals surface area (Å²) in [6.07, 6.45) is 6.66. The van der Waals surface area contributed by atoms with Gasteiger partial charge >= 0.3 is 0 Å². The molecule has 1 aliphatic rings. The molecule has 7 heteroatoms. The first-order valence-corrected chi connectivity index (χ1v) is 9.26. The van der Waals surface area contributed by atoms with Crippen LogP contribution >= 0.6 is 0 Å². The van der Waals surface area contributed by atoms with Gasteiger partial charge in [-0.25, -0.2) is 0 Å². The van der Waals surface area contributed by atoms with Crippen molar-refractivity contribution in [3.8, 4) is 17.4 Å². The van der Waals surface area contributed by atoms with Gasteiger partial charge in [-0.15, -0.1) is 0 Å². The van der Waals surface area contributed by atoms with Crippen molar-refractivity contribution in [3.05, 3.63) is 57.3 Å². The lowest BCUT2D eigenvalue weighted by atomic mass is 9.95. The topological polar surface area (TPSA) is 109 Å². The summed E-state index contributed by atoms with van der Waals surface area (Å²) < 4.78 is 5.75. The van der Waals surface area contributed by atoms with E-state index in [1.54, 1.807) is 25.1 Å². The number of benzene rings is 1. The van der Waals surface area contributed by atoms with Gasteiger partial charge in [-0.1, -0.05) is 19.3 Å². The quantitative estimate of drug-likeness (QED) is 0.355. The van der Waals surface area contributed by atoms with E-state index in [1.165, 1.54) is 24.6 Å². The molecule has 1 aliphatic carbocycles. The van der Waals surface area contributed by atoms with Crippen LogP contribution in [0.5, 0.6) is 0 Å². The molecule has 0 saturated heterocycles. The highest BCUT2D eigenvalue weighted by Gasteiger charge is 2.19. The molecular weight excluding hydrogens is 358 g/mol. The minimum Gasteiger partial charge on any atom is -0.457 e. The Morgan fingerprint density at radius 1 is 1.29 bits per heavy atom. The lowest BCUT2D eigenvalue weighted by Crippen LogP contribution is -2.36. The third-order valence-corrected chi connectivity index (χ3v) is 4.91. The maximum atomic E-state index is 12.4. The zero-order valence-corrected chi connectivity index (χ0v) is 15.6. The molecule has 0 bridgehead atoms. The number of hydrogen-bond donors (Lipinski definition) is 1. The van der Waals surface area contributed by atoms with Gasteiger partial charge in [-0.05, 0) is 43.5 Å². The van der Waals surface area contributed by atoms with Gasteiger partial charge in [-0.2, -0.15) is 5.26 Å². The van der Waals surface area contributed by atoms with Crippen molar-refractivity contribution < 1.29 is 14.1 Å². The zero-order valence-electron chi connectivity index (χ0n) is 15.6. The Kier molecular flexibility index (Phi) is 5.90. The first-order chi connectivity index (χ1) is 13.5. The van der Waals surface area contributed by atoms with Gasteiger partial charge in [0.05, 0.1) is 4.92 Å². The van der Waals surface area contributed by atoms with Crippen LogP contribution in [0.2, 0.25) is 0 Å². The smallest absolute Gasteiger partial charge is 0.269 e. The second-order valence-electron chi connectivity index (χ2n) is 6.94. The fourth-order valence-electron chi connectivity index (χ4n) is 3.41. The number of hydrogen-bond acceptors (Lipinski definition) is 5. The standard InChI is InChI=1S/C21H21N3O4/c1-14-11-17(24(26)27)7-9-19(14)20-10-8-18(28-20)12-15(13-22)21(25)23-16-5-3-2-4-6-16/h7-12,16H,2-6H2,1H3,(H,23,25). The van der Waals surface area contributed by atoms with E-state index in [0.29, 0.717) is 17.1 Å². The molecule has 1 N–H and O–H groups in total. The molecule has 0 unspecified atom stereocenters. The molecule has 0 radical (unpaired) electrons. The SMILES string of the molecule is Cc1cc([N+](=O)[O-])ccc1-c1ccc(C=C(C#N)C(=O)NC2CCCCC2)o1. The molecule has 1 heterocycles. The summed E-state index contributed by atoms with van der Waals surface area (Å²) in [7, 11) is 0. The van der Waals surface area contributed by atoms with Crippen LogP contribution < -0.4 is 5.32 Å². The van der Waals surface area contributed by atoms with Crippen molar-refractivity contribution in [2.75, 3.05) is 0 Å². The normalized spacial score (nSPS) is 15.1. The molecule has 0 spiro atoms. The highest BCUT2D eigenvalue weighted by molar-refractivity contribution is 6.01. The molecule has 0 aliphatic heterocycles. The number of amides is 1. The number of nitrogens with one attached hydrogen (secondary N) is 1. The summed E-state index contributed by atoms with van der Waals surface area (Å²) in [5.41, 5.74) is 1.43. The van der Waals surface area contributed by atoms with Crippen molar-refractivity contribution in [2.45, 2.75) is 45.1 Å². The largest absolute Gasteiger partial charge is 0.457 e. The first kappa shape index (κ1) is 19.4. The second kappa shape index (κ2) is 8.53. The maximum absolute atomic E-state index is 12.4.